The van der Waals surface area contributed by atoms with E-state index in [0.29, 0.717) is 29.0 Å². The molecule has 23 heavy (non-hydrogen) atoms. The van der Waals surface area contributed by atoms with E-state index in [9.17, 15) is 0 Å². The first kappa shape index (κ1) is 19.3. The first-order chi connectivity index (χ1) is 11.0. The predicted molar refractivity (Wildman–Crippen MR) is 96.0 cm³/mol. The zero-order valence-electron chi connectivity index (χ0n) is 14.4. The summed E-state index contributed by atoms with van der Waals surface area (Å²) in [6, 6.07) is 3.61. The molecule has 0 aliphatic heterocycles. The van der Waals surface area contributed by atoms with E-state index in [-0.39, 0.29) is 6.10 Å². The van der Waals surface area contributed by atoms with Gasteiger partial charge in [0.2, 0.25) is 5.75 Å². The standard InChI is InChI=1S/C16H26N2O4S/c1-11(2)22-8-6-7-17-16(23)18-12-9-13(19-3)15(21-5)14(10-12)20-4/h9-11H,6-8H2,1-5H3,(H2,17,18,23). The summed E-state index contributed by atoms with van der Waals surface area (Å²) in [6.07, 6.45) is 1.13. The fraction of sp³-hybridized carbons (Fsp3) is 0.562. The van der Waals surface area contributed by atoms with E-state index in [1.54, 1.807) is 33.5 Å². The molecule has 130 valence electrons. The lowest BCUT2D eigenvalue weighted by molar-refractivity contribution is 0.0777. The molecule has 0 fully saturated rings. The molecule has 0 atom stereocenters. The molecule has 1 aromatic carbocycles. The third kappa shape index (κ3) is 6.50. The van der Waals surface area contributed by atoms with Crippen LogP contribution >= 0.6 is 12.2 Å². The number of anilines is 1. The van der Waals surface area contributed by atoms with Crippen LogP contribution in [0.25, 0.3) is 0 Å². The molecule has 6 nitrogen and oxygen atoms in total. The number of benzene rings is 1. The zero-order valence-corrected chi connectivity index (χ0v) is 15.2. The molecule has 0 saturated carbocycles. The highest BCUT2D eigenvalue weighted by atomic mass is 32.1. The minimum absolute atomic E-state index is 0.249. The van der Waals surface area contributed by atoms with Crippen LogP contribution in [0, 0.1) is 0 Å². The second-order valence-electron chi connectivity index (χ2n) is 5.07. The summed E-state index contributed by atoms with van der Waals surface area (Å²) < 4.78 is 21.4. The van der Waals surface area contributed by atoms with Crippen molar-refractivity contribution in [2.45, 2.75) is 26.4 Å². The van der Waals surface area contributed by atoms with Crippen LogP contribution < -0.4 is 24.8 Å². The number of thiocarbonyl (C=S) groups is 1. The van der Waals surface area contributed by atoms with E-state index in [1.165, 1.54) is 0 Å². The lowest BCUT2D eigenvalue weighted by atomic mass is 10.2. The van der Waals surface area contributed by atoms with Gasteiger partial charge in [0.15, 0.2) is 16.6 Å². The van der Waals surface area contributed by atoms with Gasteiger partial charge in [0.25, 0.3) is 0 Å². The van der Waals surface area contributed by atoms with Crippen LogP contribution in [0.2, 0.25) is 0 Å². The molecule has 7 heteroatoms. The Balaban J connectivity index is 2.57. The van der Waals surface area contributed by atoms with Crippen molar-refractivity contribution >= 4 is 23.0 Å². The molecule has 0 saturated heterocycles. The quantitative estimate of drug-likeness (QED) is 0.528. The number of ether oxygens (including phenoxy) is 4. The minimum atomic E-state index is 0.249. The van der Waals surface area contributed by atoms with E-state index in [1.807, 2.05) is 13.8 Å². The predicted octanol–water partition coefficient (Wildman–Crippen LogP) is 2.81. The van der Waals surface area contributed by atoms with Crippen LogP contribution in [0.4, 0.5) is 5.69 Å². The fourth-order valence-corrected chi connectivity index (χ4v) is 2.14. The van der Waals surface area contributed by atoms with Gasteiger partial charge >= 0.3 is 0 Å². The van der Waals surface area contributed by atoms with Gasteiger partial charge in [0.1, 0.15) is 0 Å². The van der Waals surface area contributed by atoms with Crippen LogP contribution in [-0.2, 0) is 4.74 Å². The van der Waals surface area contributed by atoms with Gasteiger partial charge in [-0.25, -0.2) is 0 Å². The van der Waals surface area contributed by atoms with Gasteiger partial charge in [0, 0.05) is 31.0 Å². The van der Waals surface area contributed by atoms with Crippen molar-refractivity contribution in [3.8, 4) is 17.2 Å². The molecule has 0 aromatic heterocycles. The van der Waals surface area contributed by atoms with Crippen molar-refractivity contribution in [2.75, 3.05) is 39.8 Å². The van der Waals surface area contributed by atoms with E-state index in [0.717, 1.165) is 18.7 Å². The second kappa shape index (κ2) is 10.1. The van der Waals surface area contributed by atoms with Crippen molar-refractivity contribution in [2.24, 2.45) is 0 Å². The summed E-state index contributed by atoms with van der Waals surface area (Å²) in [5.74, 6) is 1.69. The summed E-state index contributed by atoms with van der Waals surface area (Å²) in [5, 5.41) is 6.77. The zero-order chi connectivity index (χ0) is 17.2. The lowest BCUT2D eigenvalue weighted by Crippen LogP contribution is -2.30. The van der Waals surface area contributed by atoms with Gasteiger partial charge in [-0.3, -0.25) is 0 Å². The van der Waals surface area contributed by atoms with E-state index in [2.05, 4.69) is 10.6 Å². The smallest absolute Gasteiger partial charge is 0.203 e. The Morgan fingerprint density at radius 2 is 1.70 bits per heavy atom. The Kier molecular flexibility index (Phi) is 8.50. The van der Waals surface area contributed by atoms with Gasteiger partial charge in [-0.2, -0.15) is 0 Å². The van der Waals surface area contributed by atoms with Crippen molar-refractivity contribution in [3.63, 3.8) is 0 Å². The molecular weight excluding hydrogens is 316 g/mol. The molecule has 0 radical (unpaired) electrons. The molecule has 0 aliphatic carbocycles. The monoisotopic (exact) mass is 342 g/mol. The normalized spacial score (nSPS) is 10.3. The number of methoxy groups -OCH3 is 3. The maximum atomic E-state index is 5.48. The Hall–Kier alpha value is -1.73. The molecule has 0 amide bonds. The van der Waals surface area contributed by atoms with Crippen LogP contribution in [0.3, 0.4) is 0 Å². The van der Waals surface area contributed by atoms with Crippen molar-refractivity contribution in [1.29, 1.82) is 0 Å². The van der Waals surface area contributed by atoms with Crippen molar-refractivity contribution in [3.05, 3.63) is 12.1 Å². The maximum Gasteiger partial charge on any atom is 0.203 e. The molecule has 1 aromatic rings. The number of nitrogens with one attached hydrogen (secondary N) is 2. The van der Waals surface area contributed by atoms with Crippen molar-refractivity contribution < 1.29 is 18.9 Å². The Labute approximate surface area is 143 Å². The van der Waals surface area contributed by atoms with E-state index < -0.39 is 0 Å². The first-order valence-electron chi connectivity index (χ1n) is 7.48. The molecule has 1 rings (SSSR count). The lowest BCUT2D eigenvalue weighted by Gasteiger charge is -2.16. The van der Waals surface area contributed by atoms with Gasteiger partial charge in [0.05, 0.1) is 27.4 Å². The summed E-state index contributed by atoms with van der Waals surface area (Å²) in [7, 11) is 4.72. The van der Waals surface area contributed by atoms with Gasteiger partial charge in [-0.1, -0.05) is 0 Å². The minimum Gasteiger partial charge on any atom is -0.493 e. The van der Waals surface area contributed by atoms with Crippen LogP contribution in [0.1, 0.15) is 20.3 Å². The average molecular weight is 342 g/mol. The fourth-order valence-electron chi connectivity index (χ4n) is 1.92. The molecule has 0 heterocycles. The third-order valence-electron chi connectivity index (χ3n) is 2.98. The largest absolute Gasteiger partial charge is 0.493 e. The number of rotatable bonds is 9. The molecule has 0 unspecified atom stereocenters. The summed E-state index contributed by atoms with van der Waals surface area (Å²) in [5.41, 5.74) is 0.760. The Morgan fingerprint density at radius 1 is 1.09 bits per heavy atom. The van der Waals surface area contributed by atoms with Crippen LogP contribution in [-0.4, -0.2) is 45.7 Å². The number of hydrogen-bond donors (Lipinski definition) is 2. The van der Waals surface area contributed by atoms with E-state index in [4.69, 9.17) is 31.2 Å². The highest BCUT2D eigenvalue weighted by Crippen LogP contribution is 2.39. The molecule has 2 N–H and O–H groups in total. The third-order valence-corrected chi connectivity index (χ3v) is 3.23. The molecular formula is C16H26N2O4S. The second-order valence-corrected chi connectivity index (χ2v) is 5.48. The summed E-state index contributed by atoms with van der Waals surface area (Å²) >= 11 is 5.28. The topological polar surface area (TPSA) is 61.0 Å². The first-order valence-corrected chi connectivity index (χ1v) is 7.89. The highest BCUT2D eigenvalue weighted by molar-refractivity contribution is 7.80. The summed E-state index contributed by atoms with van der Waals surface area (Å²) in [4.78, 5) is 0. The maximum absolute atomic E-state index is 5.48. The Morgan fingerprint density at radius 3 is 2.17 bits per heavy atom. The van der Waals surface area contributed by atoms with E-state index >= 15 is 0 Å². The highest BCUT2D eigenvalue weighted by Gasteiger charge is 2.13. The number of hydrogen-bond acceptors (Lipinski definition) is 5. The SMILES string of the molecule is COc1cc(NC(=S)NCCCOC(C)C)cc(OC)c1OC. The van der Waals surface area contributed by atoms with Gasteiger partial charge in [-0.05, 0) is 32.5 Å². The van der Waals surface area contributed by atoms with Crippen LogP contribution in [0.15, 0.2) is 12.1 Å². The molecule has 0 bridgehead atoms. The molecule has 0 spiro atoms. The average Bonchev–Trinajstić information content (AvgIpc) is 2.53. The van der Waals surface area contributed by atoms with Crippen molar-refractivity contribution in [1.82, 2.24) is 5.32 Å². The Bertz CT molecular complexity index is 484. The van der Waals surface area contributed by atoms with Crippen LogP contribution in [0.5, 0.6) is 17.2 Å². The van der Waals surface area contributed by atoms with Gasteiger partial charge in [-0.15, -0.1) is 0 Å². The summed E-state index contributed by atoms with van der Waals surface area (Å²) in [6.45, 7) is 5.48. The molecule has 0 aliphatic rings. The van der Waals surface area contributed by atoms with Gasteiger partial charge < -0.3 is 29.6 Å².